The summed E-state index contributed by atoms with van der Waals surface area (Å²) in [5.41, 5.74) is 5.33. The molecule has 0 saturated carbocycles. The van der Waals surface area contributed by atoms with Crippen molar-refractivity contribution in [3.63, 3.8) is 0 Å². The number of carbonyl (C=O) groups is 2. The molecule has 1 atom stereocenters. The monoisotopic (exact) mass is 230 g/mol. The van der Waals surface area contributed by atoms with Crippen LogP contribution < -0.4 is 11.1 Å². The van der Waals surface area contributed by atoms with Crippen molar-refractivity contribution in [3.05, 3.63) is 0 Å². The summed E-state index contributed by atoms with van der Waals surface area (Å²) in [6.07, 6.45) is 4.18. The fraction of sp³-hybridized carbons (Fsp3) is 0.818. The van der Waals surface area contributed by atoms with Gasteiger partial charge in [-0.3, -0.25) is 4.79 Å². The first-order valence-electron chi connectivity index (χ1n) is 5.84. The van der Waals surface area contributed by atoms with Gasteiger partial charge in [0.15, 0.2) is 0 Å². The van der Waals surface area contributed by atoms with Gasteiger partial charge in [-0.15, -0.1) is 0 Å². The molecule has 94 valence electrons. The van der Waals surface area contributed by atoms with E-state index in [0.717, 1.165) is 25.7 Å². The zero-order valence-corrected chi connectivity index (χ0v) is 9.87. The van der Waals surface area contributed by atoms with Gasteiger partial charge in [0.05, 0.1) is 0 Å². The Bertz CT molecular complexity index is 219. The quantitative estimate of drug-likeness (QED) is 0.512. The molecule has 0 radical (unpaired) electrons. The third kappa shape index (κ3) is 7.23. The van der Waals surface area contributed by atoms with Crippen LogP contribution in [-0.4, -0.2) is 29.6 Å². The van der Waals surface area contributed by atoms with Gasteiger partial charge in [0.25, 0.3) is 0 Å². The van der Waals surface area contributed by atoms with Gasteiger partial charge in [-0.1, -0.05) is 19.8 Å². The van der Waals surface area contributed by atoms with E-state index in [4.69, 9.17) is 10.8 Å². The molecule has 0 aliphatic carbocycles. The fourth-order valence-electron chi connectivity index (χ4n) is 1.42. The minimum absolute atomic E-state index is 0.183. The molecule has 0 aliphatic rings. The van der Waals surface area contributed by atoms with Crippen LogP contribution in [0, 0.1) is 0 Å². The molecule has 0 aromatic rings. The lowest BCUT2D eigenvalue weighted by Gasteiger charge is -2.13. The second-order valence-electron chi connectivity index (χ2n) is 3.85. The third-order valence-electron chi connectivity index (χ3n) is 2.32. The lowest BCUT2D eigenvalue weighted by Crippen LogP contribution is -2.40. The molecule has 0 bridgehead atoms. The molecule has 5 nitrogen and oxygen atoms in total. The van der Waals surface area contributed by atoms with E-state index in [1.165, 1.54) is 0 Å². The Labute approximate surface area is 96.4 Å². The summed E-state index contributed by atoms with van der Waals surface area (Å²) in [5, 5.41) is 11.4. The highest BCUT2D eigenvalue weighted by Crippen LogP contribution is 2.01. The number of nitrogens with two attached hydrogens (primary N) is 1. The Morgan fingerprint density at radius 3 is 2.50 bits per heavy atom. The predicted octanol–water partition coefficient (Wildman–Crippen LogP) is 0.875. The lowest BCUT2D eigenvalue weighted by atomic mass is 10.1. The number of amides is 1. The number of nitrogens with one attached hydrogen (secondary N) is 1. The molecule has 0 aliphatic heterocycles. The van der Waals surface area contributed by atoms with E-state index in [1.807, 2.05) is 6.92 Å². The highest BCUT2D eigenvalue weighted by Gasteiger charge is 2.17. The topological polar surface area (TPSA) is 92.4 Å². The van der Waals surface area contributed by atoms with Crippen LogP contribution in [-0.2, 0) is 9.59 Å². The molecule has 1 amide bonds. The van der Waals surface area contributed by atoms with Crippen LogP contribution in [0.3, 0.4) is 0 Å². The van der Waals surface area contributed by atoms with Crippen molar-refractivity contribution in [1.82, 2.24) is 5.32 Å². The maximum atomic E-state index is 11.4. The predicted molar refractivity (Wildman–Crippen MR) is 62.0 cm³/mol. The van der Waals surface area contributed by atoms with Gasteiger partial charge < -0.3 is 16.2 Å². The Balaban J connectivity index is 3.77. The summed E-state index contributed by atoms with van der Waals surface area (Å²) in [6, 6.07) is -0.744. The van der Waals surface area contributed by atoms with E-state index >= 15 is 0 Å². The largest absolute Gasteiger partial charge is 0.480 e. The Hall–Kier alpha value is -1.10. The van der Waals surface area contributed by atoms with Crippen molar-refractivity contribution in [2.75, 3.05) is 6.54 Å². The van der Waals surface area contributed by atoms with Crippen LogP contribution in [0.5, 0.6) is 0 Å². The van der Waals surface area contributed by atoms with E-state index in [-0.39, 0.29) is 5.91 Å². The smallest absolute Gasteiger partial charge is 0.326 e. The van der Waals surface area contributed by atoms with Crippen LogP contribution in [0.1, 0.15) is 45.4 Å². The van der Waals surface area contributed by atoms with Crippen molar-refractivity contribution < 1.29 is 14.7 Å². The maximum Gasteiger partial charge on any atom is 0.326 e. The first-order chi connectivity index (χ1) is 7.61. The van der Waals surface area contributed by atoms with Crippen LogP contribution in [0.25, 0.3) is 0 Å². The SMILES string of the molecule is CCC[C@H](NC(=O)CCCCCN)C(=O)O. The first-order valence-corrected chi connectivity index (χ1v) is 5.84. The number of hydrogen-bond acceptors (Lipinski definition) is 3. The maximum absolute atomic E-state index is 11.4. The molecule has 0 heterocycles. The van der Waals surface area contributed by atoms with Gasteiger partial charge in [0.2, 0.25) is 5.91 Å². The van der Waals surface area contributed by atoms with Crippen molar-refractivity contribution in [3.8, 4) is 0 Å². The van der Waals surface area contributed by atoms with Crippen LogP contribution in [0.2, 0.25) is 0 Å². The highest BCUT2D eigenvalue weighted by atomic mass is 16.4. The van der Waals surface area contributed by atoms with Gasteiger partial charge in [-0.2, -0.15) is 0 Å². The van der Waals surface area contributed by atoms with E-state index in [1.54, 1.807) is 0 Å². The standard InChI is InChI=1S/C11H22N2O3/c1-2-6-9(11(15)16)13-10(14)7-4-3-5-8-12/h9H,2-8,12H2,1H3,(H,13,14)(H,15,16)/t9-/m0/s1. The minimum atomic E-state index is -0.961. The molecular weight excluding hydrogens is 208 g/mol. The summed E-state index contributed by atoms with van der Waals surface area (Å²) < 4.78 is 0. The van der Waals surface area contributed by atoms with Crippen LogP contribution in [0.15, 0.2) is 0 Å². The zero-order chi connectivity index (χ0) is 12.4. The number of carboxylic acids is 1. The average Bonchev–Trinajstić information content (AvgIpc) is 2.23. The van der Waals surface area contributed by atoms with Gasteiger partial charge in [0, 0.05) is 6.42 Å². The fourth-order valence-corrected chi connectivity index (χ4v) is 1.42. The van der Waals surface area contributed by atoms with Crippen LogP contribution in [0.4, 0.5) is 0 Å². The van der Waals surface area contributed by atoms with E-state index in [2.05, 4.69) is 5.32 Å². The number of aliphatic carboxylic acids is 1. The summed E-state index contributed by atoms with van der Waals surface area (Å²) >= 11 is 0. The second-order valence-corrected chi connectivity index (χ2v) is 3.85. The van der Waals surface area contributed by atoms with Crippen LogP contribution >= 0.6 is 0 Å². The number of carboxylic acid groups (broad SMARTS) is 1. The van der Waals surface area contributed by atoms with Crippen molar-refractivity contribution in [2.24, 2.45) is 5.73 Å². The van der Waals surface area contributed by atoms with Crippen molar-refractivity contribution in [1.29, 1.82) is 0 Å². The Morgan fingerprint density at radius 2 is 2.00 bits per heavy atom. The van der Waals surface area contributed by atoms with Gasteiger partial charge in [-0.25, -0.2) is 4.79 Å². The van der Waals surface area contributed by atoms with Crippen molar-refractivity contribution in [2.45, 2.75) is 51.5 Å². The lowest BCUT2D eigenvalue weighted by molar-refractivity contribution is -0.142. The summed E-state index contributed by atoms with van der Waals surface area (Å²) in [7, 11) is 0. The summed E-state index contributed by atoms with van der Waals surface area (Å²) in [5.74, 6) is -1.14. The van der Waals surface area contributed by atoms with E-state index in [9.17, 15) is 9.59 Å². The summed E-state index contributed by atoms with van der Waals surface area (Å²) in [6.45, 7) is 2.53. The highest BCUT2D eigenvalue weighted by molar-refractivity contribution is 5.83. The average molecular weight is 230 g/mol. The second kappa shape index (κ2) is 9.15. The molecule has 4 N–H and O–H groups in total. The third-order valence-corrected chi connectivity index (χ3v) is 2.32. The Morgan fingerprint density at radius 1 is 1.31 bits per heavy atom. The molecule has 5 heteroatoms. The number of hydrogen-bond donors (Lipinski definition) is 3. The molecule has 0 saturated heterocycles. The zero-order valence-electron chi connectivity index (χ0n) is 9.87. The minimum Gasteiger partial charge on any atom is -0.480 e. The van der Waals surface area contributed by atoms with Gasteiger partial charge in [0.1, 0.15) is 6.04 Å². The number of carbonyl (C=O) groups excluding carboxylic acids is 1. The molecule has 16 heavy (non-hydrogen) atoms. The molecular formula is C11H22N2O3. The molecule has 0 aromatic heterocycles. The van der Waals surface area contributed by atoms with Gasteiger partial charge >= 0.3 is 5.97 Å². The number of unbranched alkanes of at least 4 members (excludes halogenated alkanes) is 2. The van der Waals surface area contributed by atoms with Gasteiger partial charge in [-0.05, 0) is 25.8 Å². The normalized spacial score (nSPS) is 12.1. The molecule has 0 aromatic carbocycles. The first kappa shape index (κ1) is 14.9. The van der Waals surface area contributed by atoms with E-state index in [0.29, 0.717) is 19.4 Å². The Kier molecular flexibility index (Phi) is 8.52. The molecule has 0 unspecified atom stereocenters. The van der Waals surface area contributed by atoms with Crippen molar-refractivity contribution >= 4 is 11.9 Å². The molecule has 0 fully saturated rings. The summed E-state index contributed by atoms with van der Waals surface area (Å²) in [4.78, 5) is 22.2. The molecule has 0 spiro atoms. The molecule has 0 rings (SSSR count). The number of rotatable bonds is 9. The van der Waals surface area contributed by atoms with E-state index < -0.39 is 12.0 Å².